The largest absolute Gasteiger partial charge is 0.393 e. The van der Waals surface area contributed by atoms with Gasteiger partial charge < -0.3 is 21.1 Å². The Bertz CT molecular complexity index is 969. The van der Waals surface area contributed by atoms with Crippen LogP contribution in [0.15, 0.2) is 0 Å². The molecule has 210 valence electrons. The zero-order valence-corrected chi connectivity index (χ0v) is 24.7. The van der Waals surface area contributed by atoms with Crippen molar-refractivity contribution < 1.29 is 14.7 Å². The molecule has 0 radical (unpaired) electrons. The van der Waals surface area contributed by atoms with Crippen molar-refractivity contribution in [2.45, 2.75) is 111 Å². The fraction of sp³-hybridized carbons (Fsp3) is 0.935. The van der Waals surface area contributed by atoms with Gasteiger partial charge in [0, 0.05) is 41.2 Å². The molecule has 1 unspecified atom stereocenters. The molecule has 5 fully saturated rings. The van der Waals surface area contributed by atoms with Crippen LogP contribution in [0.4, 0.5) is 0 Å². The van der Waals surface area contributed by atoms with Crippen LogP contribution in [-0.2, 0) is 9.59 Å². The molecule has 5 rings (SSSR count). The molecule has 0 saturated heterocycles. The first kappa shape index (κ1) is 27.6. The molecule has 0 aromatic carbocycles. The number of ketones is 1. The quantitative estimate of drug-likeness (QED) is 0.497. The van der Waals surface area contributed by atoms with Gasteiger partial charge in [0.25, 0.3) is 0 Å². The Hall–Kier alpha value is -0.980. The van der Waals surface area contributed by atoms with Gasteiger partial charge in [-0.1, -0.05) is 34.6 Å². The predicted octanol–water partition coefficient (Wildman–Crippen LogP) is 4.00. The molecule has 5 aliphatic carbocycles. The first-order valence-corrected chi connectivity index (χ1v) is 15.1. The van der Waals surface area contributed by atoms with Gasteiger partial charge in [0.05, 0.1) is 6.10 Å². The zero-order valence-electron chi connectivity index (χ0n) is 24.7. The number of nitrogens with zero attached hydrogens (tertiary/aromatic N) is 1. The SMILES string of the molecule is CC[C@H](C)C(=O)N[C@H]1CCC23C[C@]24C(=O)C[C@]2(C)[C@@H]([C@H](C)N(C)C)[C@H](O)C[C@@]2(C)[C@@H]4CC[C@H]3[C@]1(C)CN. The molecule has 2 spiro atoms. The lowest BCUT2D eigenvalue weighted by molar-refractivity contribution is -0.170. The van der Waals surface area contributed by atoms with Gasteiger partial charge >= 0.3 is 0 Å². The topological polar surface area (TPSA) is 95.7 Å². The maximum atomic E-state index is 14.5. The van der Waals surface area contributed by atoms with Crippen molar-refractivity contribution in [1.82, 2.24) is 10.2 Å². The minimum Gasteiger partial charge on any atom is -0.393 e. The summed E-state index contributed by atoms with van der Waals surface area (Å²) in [6.45, 7) is 13.9. The predicted molar refractivity (Wildman–Crippen MR) is 147 cm³/mol. The molecule has 0 bridgehead atoms. The maximum Gasteiger partial charge on any atom is 0.223 e. The van der Waals surface area contributed by atoms with E-state index in [-0.39, 0.29) is 63.0 Å². The standard InChI is InChI=1S/C31H53N3O3/c1-9-18(2)26(37)33-23-12-13-30-16-31(30)22(11-10-21(30)27(23,4)17-32)28(5)14-20(35)25(19(3)34(7)8)29(28,6)15-24(31)36/h18-23,25,35H,9-17,32H2,1-8H3,(H,33,37)/t18-,19-,20+,21-,22-,23-,25-,27-,28-,29+,30?,31-/m0/s1. The molecule has 4 N–H and O–H groups in total. The first-order valence-electron chi connectivity index (χ1n) is 15.1. The van der Waals surface area contributed by atoms with Crippen molar-refractivity contribution in [3.8, 4) is 0 Å². The van der Waals surface area contributed by atoms with E-state index in [1.54, 1.807) is 0 Å². The van der Waals surface area contributed by atoms with E-state index >= 15 is 0 Å². The molecule has 37 heavy (non-hydrogen) atoms. The lowest BCUT2D eigenvalue weighted by atomic mass is 9.41. The number of nitrogens with two attached hydrogens (primary N) is 1. The third-order valence-corrected chi connectivity index (χ3v) is 13.9. The maximum absolute atomic E-state index is 14.5. The molecule has 1 amide bonds. The average Bonchev–Trinajstić information content (AvgIpc) is 3.48. The number of nitrogens with one attached hydrogen (secondary N) is 1. The molecule has 12 atom stereocenters. The van der Waals surface area contributed by atoms with E-state index in [1.807, 2.05) is 6.92 Å². The first-order chi connectivity index (χ1) is 17.2. The van der Waals surface area contributed by atoms with Gasteiger partial charge in [-0.25, -0.2) is 0 Å². The van der Waals surface area contributed by atoms with Crippen molar-refractivity contribution in [3.05, 3.63) is 0 Å². The Morgan fingerprint density at radius 3 is 2.38 bits per heavy atom. The van der Waals surface area contributed by atoms with E-state index in [0.717, 1.165) is 44.9 Å². The second-order valence-corrected chi connectivity index (χ2v) is 15.0. The van der Waals surface area contributed by atoms with Crippen LogP contribution in [0.25, 0.3) is 0 Å². The number of hydrogen-bond donors (Lipinski definition) is 3. The molecular formula is C31H53N3O3. The van der Waals surface area contributed by atoms with E-state index in [1.165, 1.54) is 0 Å². The van der Waals surface area contributed by atoms with Crippen LogP contribution in [0.5, 0.6) is 0 Å². The van der Waals surface area contributed by atoms with E-state index < -0.39 is 0 Å². The Morgan fingerprint density at radius 1 is 1.14 bits per heavy atom. The highest BCUT2D eigenvalue weighted by Crippen LogP contribution is 2.87. The van der Waals surface area contributed by atoms with Crippen LogP contribution in [0, 0.1) is 50.7 Å². The van der Waals surface area contributed by atoms with Crippen molar-refractivity contribution >= 4 is 11.7 Å². The molecule has 6 nitrogen and oxygen atoms in total. The summed E-state index contributed by atoms with van der Waals surface area (Å²) < 4.78 is 0. The summed E-state index contributed by atoms with van der Waals surface area (Å²) in [6, 6.07) is 0.292. The minimum atomic E-state index is -0.372. The summed E-state index contributed by atoms with van der Waals surface area (Å²) in [5.41, 5.74) is 5.86. The third kappa shape index (κ3) is 3.21. The molecule has 0 heterocycles. The average molecular weight is 516 g/mol. The van der Waals surface area contributed by atoms with Gasteiger partial charge in [-0.15, -0.1) is 0 Å². The molecule has 5 aliphatic rings. The van der Waals surface area contributed by atoms with Crippen LogP contribution < -0.4 is 11.1 Å². The summed E-state index contributed by atoms with van der Waals surface area (Å²) in [5.74, 6) is 1.39. The van der Waals surface area contributed by atoms with Crippen molar-refractivity contribution in [3.63, 3.8) is 0 Å². The number of carbonyl (C=O) groups is 2. The molecule has 6 heteroatoms. The Balaban J connectivity index is 1.49. The van der Waals surface area contributed by atoms with Gasteiger partial charge in [-0.2, -0.15) is 0 Å². The minimum absolute atomic E-state index is 0.00441. The van der Waals surface area contributed by atoms with Gasteiger partial charge in [-0.05, 0) is 101 Å². The summed E-state index contributed by atoms with van der Waals surface area (Å²) in [7, 11) is 4.19. The Labute approximate surface area is 224 Å². The van der Waals surface area contributed by atoms with Gasteiger partial charge in [0.2, 0.25) is 5.91 Å². The second-order valence-electron chi connectivity index (χ2n) is 15.0. The molecule has 0 aromatic rings. The van der Waals surface area contributed by atoms with Crippen LogP contribution >= 0.6 is 0 Å². The highest BCUT2D eigenvalue weighted by Gasteiger charge is 2.86. The van der Waals surface area contributed by atoms with Crippen LogP contribution in [-0.4, -0.2) is 60.5 Å². The number of aliphatic hydroxyl groups excluding tert-OH is 1. The van der Waals surface area contributed by atoms with Crippen LogP contribution in [0.3, 0.4) is 0 Å². The lowest BCUT2D eigenvalue weighted by Crippen LogP contribution is -2.64. The molecule has 0 aliphatic heterocycles. The number of rotatable bonds is 6. The van der Waals surface area contributed by atoms with E-state index in [2.05, 4.69) is 58.9 Å². The number of fused-ring (bicyclic) bond motifs is 2. The Kier molecular flexibility index (Phi) is 6.34. The fourth-order valence-corrected chi connectivity index (χ4v) is 11.2. The number of Topliss-reactive ketones (excluding diaryl/α,β-unsaturated/α-hetero) is 1. The van der Waals surface area contributed by atoms with Crippen LogP contribution in [0.1, 0.15) is 92.9 Å². The normalized spacial score (nSPS) is 52.0. The summed E-state index contributed by atoms with van der Waals surface area (Å²) in [4.78, 5) is 29.6. The summed E-state index contributed by atoms with van der Waals surface area (Å²) >= 11 is 0. The lowest BCUT2D eigenvalue weighted by Gasteiger charge is -2.63. The Morgan fingerprint density at radius 2 is 1.78 bits per heavy atom. The molecule has 5 saturated carbocycles. The van der Waals surface area contributed by atoms with Gasteiger partial charge in [0.1, 0.15) is 5.78 Å². The van der Waals surface area contributed by atoms with E-state index in [9.17, 15) is 14.7 Å². The molecule has 0 aromatic heterocycles. The van der Waals surface area contributed by atoms with E-state index in [0.29, 0.717) is 30.6 Å². The number of amides is 1. The smallest absolute Gasteiger partial charge is 0.223 e. The van der Waals surface area contributed by atoms with Crippen molar-refractivity contribution in [2.24, 2.45) is 56.5 Å². The third-order valence-electron chi connectivity index (χ3n) is 13.9. The monoisotopic (exact) mass is 515 g/mol. The zero-order chi connectivity index (χ0) is 27.3. The van der Waals surface area contributed by atoms with Crippen LogP contribution in [0.2, 0.25) is 0 Å². The number of hydrogen-bond acceptors (Lipinski definition) is 5. The number of aliphatic hydroxyl groups is 1. The second kappa shape index (κ2) is 8.51. The summed E-state index contributed by atoms with van der Waals surface area (Å²) in [6.07, 6.45) is 6.85. The summed E-state index contributed by atoms with van der Waals surface area (Å²) in [5, 5.41) is 14.9. The van der Waals surface area contributed by atoms with Gasteiger partial charge in [-0.3, -0.25) is 9.59 Å². The fourth-order valence-electron chi connectivity index (χ4n) is 11.2. The van der Waals surface area contributed by atoms with Gasteiger partial charge in [0.15, 0.2) is 0 Å². The van der Waals surface area contributed by atoms with E-state index in [4.69, 9.17) is 5.73 Å². The highest BCUT2D eigenvalue weighted by molar-refractivity contribution is 5.92. The highest BCUT2D eigenvalue weighted by atomic mass is 16.3. The number of carbonyl (C=O) groups excluding carboxylic acids is 2. The molecular weight excluding hydrogens is 462 g/mol. The van der Waals surface area contributed by atoms with Crippen molar-refractivity contribution in [2.75, 3.05) is 20.6 Å². The van der Waals surface area contributed by atoms with Crippen molar-refractivity contribution in [1.29, 1.82) is 0 Å².